The van der Waals surface area contributed by atoms with Crippen LogP contribution in [0.5, 0.6) is 0 Å². The molecule has 0 aliphatic heterocycles. The van der Waals surface area contributed by atoms with Crippen molar-refractivity contribution >= 4 is 7.60 Å². The van der Waals surface area contributed by atoms with Crippen molar-refractivity contribution in [2.45, 2.75) is 44.4 Å². The summed E-state index contributed by atoms with van der Waals surface area (Å²) >= 11 is 0. The van der Waals surface area contributed by atoms with Gasteiger partial charge in [0.25, 0.3) is 0 Å². The van der Waals surface area contributed by atoms with Crippen LogP contribution in [0.25, 0.3) is 0 Å². The Morgan fingerprint density at radius 3 is 2.10 bits per heavy atom. The summed E-state index contributed by atoms with van der Waals surface area (Å²) in [6.07, 6.45) is 4.15. The van der Waals surface area contributed by atoms with Crippen molar-refractivity contribution in [2.75, 3.05) is 40.8 Å². The molecule has 1 unspecified atom stereocenters. The Bertz CT molecular complexity index is 310. The molecule has 0 radical (unpaired) electrons. The Labute approximate surface area is 122 Å². The van der Waals surface area contributed by atoms with E-state index in [4.69, 9.17) is 9.79 Å². The van der Waals surface area contributed by atoms with E-state index in [9.17, 15) is 9.67 Å². The molecule has 0 spiro atoms. The number of nitrogens with one attached hydrogen (secondary N) is 1. The van der Waals surface area contributed by atoms with Gasteiger partial charge in [-0.2, -0.15) is 0 Å². The molecule has 4 N–H and O–H groups in total. The third-order valence-electron chi connectivity index (χ3n) is 3.31. The fourth-order valence-corrected chi connectivity index (χ4v) is 2.28. The Kier molecular flexibility index (Phi) is 8.48. The predicted octanol–water partition coefficient (Wildman–Crippen LogP) is 1.12. The zero-order chi connectivity index (χ0) is 15.9. The highest BCUT2D eigenvalue weighted by molar-refractivity contribution is 7.53. The Balaban J connectivity index is 3.49. The van der Waals surface area contributed by atoms with Crippen LogP contribution < -0.4 is 5.32 Å². The van der Waals surface area contributed by atoms with Crippen LogP contribution in [0.1, 0.15) is 39.0 Å². The minimum Gasteiger partial charge on any atom is -0.378 e. The second-order valence-electron chi connectivity index (χ2n) is 6.69. The van der Waals surface area contributed by atoms with E-state index in [1.54, 1.807) is 0 Å². The summed E-state index contributed by atoms with van der Waals surface area (Å²) in [5.74, 6) is 0. The van der Waals surface area contributed by atoms with Gasteiger partial charge in [-0.3, -0.25) is 4.57 Å². The molecule has 0 amide bonds. The zero-order valence-electron chi connectivity index (χ0n) is 13.3. The standard InChI is InChI=1S/C13H31N2O4P/c1-13(16,20(17,18)19)9-8-11-14-10-6-5-7-12-15(2,3)4/h14,16H,5-12H2,1-4H3,(H-,17,18,19)/p+1. The van der Waals surface area contributed by atoms with Crippen LogP contribution in [-0.4, -0.2) is 65.5 Å². The number of aliphatic hydroxyl groups is 1. The van der Waals surface area contributed by atoms with Gasteiger partial charge in [-0.05, 0) is 52.1 Å². The van der Waals surface area contributed by atoms with Crippen LogP contribution in [-0.2, 0) is 4.57 Å². The Morgan fingerprint density at radius 1 is 1.05 bits per heavy atom. The summed E-state index contributed by atoms with van der Waals surface area (Å²) in [6.45, 7) is 3.95. The Hall–Kier alpha value is 0.0300. The minimum absolute atomic E-state index is 0.103. The van der Waals surface area contributed by atoms with Crippen molar-refractivity contribution in [3.8, 4) is 0 Å². The smallest absolute Gasteiger partial charge is 0.356 e. The maximum Gasteiger partial charge on any atom is 0.356 e. The average Bonchev–Trinajstić information content (AvgIpc) is 2.23. The van der Waals surface area contributed by atoms with E-state index in [1.165, 1.54) is 26.3 Å². The van der Waals surface area contributed by atoms with Crippen LogP contribution in [0.4, 0.5) is 0 Å². The normalized spacial score (nSPS) is 16.1. The molecule has 1 atom stereocenters. The molecule has 20 heavy (non-hydrogen) atoms. The van der Waals surface area contributed by atoms with Gasteiger partial charge < -0.3 is 24.7 Å². The first kappa shape index (κ1) is 20.0. The zero-order valence-corrected chi connectivity index (χ0v) is 14.2. The van der Waals surface area contributed by atoms with Gasteiger partial charge in [0.2, 0.25) is 0 Å². The van der Waals surface area contributed by atoms with Crippen molar-refractivity contribution in [1.82, 2.24) is 5.32 Å². The number of quaternary nitrogens is 1. The SMILES string of the molecule is CC(O)(CCCNCCCCC[N+](C)(C)C)P(=O)(O)O. The highest BCUT2D eigenvalue weighted by Crippen LogP contribution is 2.50. The second-order valence-corrected chi connectivity index (χ2v) is 8.74. The van der Waals surface area contributed by atoms with Gasteiger partial charge in [-0.15, -0.1) is 0 Å². The van der Waals surface area contributed by atoms with E-state index in [0.717, 1.165) is 17.4 Å². The van der Waals surface area contributed by atoms with Crippen LogP contribution in [0.3, 0.4) is 0 Å². The third-order valence-corrected chi connectivity index (χ3v) is 4.79. The molecule has 0 aromatic heterocycles. The second kappa shape index (κ2) is 8.47. The number of hydrogen-bond acceptors (Lipinski definition) is 3. The molecule has 0 aliphatic rings. The fourth-order valence-electron chi connectivity index (χ4n) is 1.83. The molecule has 7 heteroatoms. The monoisotopic (exact) mass is 311 g/mol. The van der Waals surface area contributed by atoms with Crippen LogP contribution in [0.15, 0.2) is 0 Å². The number of rotatable bonds is 11. The molecule has 0 heterocycles. The van der Waals surface area contributed by atoms with Gasteiger partial charge >= 0.3 is 7.60 Å². The molecule has 0 saturated heterocycles. The molecule has 122 valence electrons. The summed E-state index contributed by atoms with van der Waals surface area (Å²) in [5.41, 5.74) is 0. The topological polar surface area (TPSA) is 89.8 Å². The molecule has 0 bridgehead atoms. The first-order valence-corrected chi connectivity index (χ1v) is 8.86. The number of nitrogens with zero attached hydrogens (tertiary/aromatic N) is 1. The van der Waals surface area contributed by atoms with Crippen LogP contribution in [0, 0.1) is 0 Å². The molecular weight excluding hydrogens is 279 g/mol. The molecule has 0 aliphatic carbocycles. The van der Waals surface area contributed by atoms with Crippen molar-refractivity contribution in [3.63, 3.8) is 0 Å². The van der Waals surface area contributed by atoms with Gasteiger partial charge in [-0.1, -0.05) is 0 Å². The van der Waals surface area contributed by atoms with E-state index in [0.29, 0.717) is 13.0 Å². The van der Waals surface area contributed by atoms with Gasteiger partial charge in [-0.25, -0.2) is 0 Å². The van der Waals surface area contributed by atoms with E-state index in [1.807, 2.05) is 0 Å². The molecule has 0 rings (SSSR count). The van der Waals surface area contributed by atoms with Gasteiger partial charge in [0.15, 0.2) is 5.34 Å². The predicted molar refractivity (Wildman–Crippen MR) is 81.5 cm³/mol. The lowest BCUT2D eigenvalue weighted by atomic mass is 10.2. The largest absolute Gasteiger partial charge is 0.378 e. The van der Waals surface area contributed by atoms with Crippen LogP contribution in [0.2, 0.25) is 0 Å². The highest BCUT2D eigenvalue weighted by Gasteiger charge is 2.39. The minimum atomic E-state index is -4.43. The van der Waals surface area contributed by atoms with Crippen LogP contribution >= 0.6 is 7.60 Å². The maximum atomic E-state index is 11.0. The summed E-state index contributed by atoms with van der Waals surface area (Å²) in [5, 5.41) is 10.9. The molecule has 0 aromatic rings. The van der Waals surface area contributed by atoms with E-state index < -0.39 is 12.9 Å². The summed E-state index contributed by atoms with van der Waals surface area (Å²) in [4.78, 5) is 17.9. The lowest BCUT2D eigenvalue weighted by molar-refractivity contribution is -0.870. The molecule has 6 nitrogen and oxygen atoms in total. The van der Waals surface area contributed by atoms with E-state index in [-0.39, 0.29) is 6.42 Å². The van der Waals surface area contributed by atoms with Gasteiger partial charge in [0.05, 0.1) is 27.7 Å². The maximum absolute atomic E-state index is 11.0. The first-order valence-electron chi connectivity index (χ1n) is 7.25. The molecular formula is C13H32N2O4P+. The summed E-state index contributed by atoms with van der Waals surface area (Å²) < 4.78 is 12.0. The Morgan fingerprint density at radius 2 is 1.60 bits per heavy atom. The molecule has 0 fully saturated rings. The van der Waals surface area contributed by atoms with Gasteiger partial charge in [0.1, 0.15) is 0 Å². The number of unbranched alkanes of at least 4 members (excludes halogenated alkanes) is 2. The van der Waals surface area contributed by atoms with Gasteiger partial charge in [0, 0.05) is 0 Å². The molecule has 0 aromatic carbocycles. The first-order chi connectivity index (χ1) is 8.96. The number of hydrogen-bond donors (Lipinski definition) is 4. The fraction of sp³-hybridized carbons (Fsp3) is 1.00. The van der Waals surface area contributed by atoms with Crippen molar-refractivity contribution in [1.29, 1.82) is 0 Å². The summed E-state index contributed by atoms with van der Waals surface area (Å²) in [7, 11) is 2.13. The van der Waals surface area contributed by atoms with Crippen molar-refractivity contribution in [3.05, 3.63) is 0 Å². The third kappa shape index (κ3) is 9.86. The van der Waals surface area contributed by atoms with Crippen molar-refractivity contribution in [2.24, 2.45) is 0 Å². The van der Waals surface area contributed by atoms with E-state index in [2.05, 4.69) is 26.5 Å². The van der Waals surface area contributed by atoms with E-state index >= 15 is 0 Å². The molecule has 0 saturated carbocycles. The lowest BCUT2D eigenvalue weighted by Crippen LogP contribution is -2.35. The van der Waals surface area contributed by atoms with Crippen molar-refractivity contribution < 1.29 is 23.9 Å². The summed E-state index contributed by atoms with van der Waals surface area (Å²) in [6, 6.07) is 0. The highest BCUT2D eigenvalue weighted by atomic mass is 31.2. The average molecular weight is 311 g/mol. The quantitative estimate of drug-likeness (QED) is 0.261. The lowest BCUT2D eigenvalue weighted by Gasteiger charge is -2.24.